The molecule has 0 saturated heterocycles. The van der Waals surface area contributed by atoms with E-state index in [0.29, 0.717) is 24.1 Å². The lowest BCUT2D eigenvalue weighted by Gasteiger charge is -2.22. The highest BCUT2D eigenvalue weighted by Gasteiger charge is 2.26. The molecule has 8 heteroatoms. The van der Waals surface area contributed by atoms with Crippen molar-refractivity contribution in [3.63, 3.8) is 0 Å². The fourth-order valence-electron chi connectivity index (χ4n) is 3.96. The maximum absolute atomic E-state index is 13.1. The molecular formula is C20H27N3O5. The molecule has 0 spiro atoms. The van der Waals surface area contributed by atoms with Gasteiger partial charge in [0.25, 0.3) is 0 Å². The van der Waals surface area contributed by atoms with Crippen LogP contribution in [0.2, 0.25) is 0 Å². The number of hydroxylamine groups is 1. The van der Waals surface area contributed by atoms with Gasteiger partial charge in [0, 0.05) is 18.0 Å². The molecule has 1 heterocycles. The molecule has 1 aromatic heterocycles. The predicted molar refractivity (Wildman–Crippen MR) is 103 cm³/mol. The van der Waals surface area contributed by atoms with Gasteiger partial charge in [-0.1, -0.05) is 37.5 Å². The summed E-state index contributed by atoms with van der Waals surface area (Å²) in [5.41, 5.74) is 2.32. The SMILES string of the molecule is O=C(CCCc1c(O)n(C2CCCCC2)c(=O)n1Cc1ccccc1O)NO. The Morgan fingerprint density at radius 1 is 1.14 bits per heavy atom. The number of phenols is 1. The number of imidazole rings is 1. The van der Waals surface area contributed by atoms with Gasteiger partial charge in [0.1, 0.15) is 5.75 Å². The minimum absolute atomic E-state index is 0.0358. The molecule has 152 valence electrons. The minimum Gasteiger partial charge on any atom is -0.508 e. The number of rotatable bonds is 7. The van der Waals surface area contributed by atoms with Gasteiger partial charge in [-0.2, -0.15) is 0 Å². The molecule has 1 fully saturated rings. The van der Waals surface area contributed by atoms with E-state index >= 15 is 0 Å². The third-order valence-electron chi connectivity index (χ3n) is 5.45. The Morgan fingerprint density at radius 2 is 1.86 bits per heavy atom. The van der Waals surface area contributed by atoms with Gasteiger partial charge in [-0.05, 0) is 31.7 Å². The van der Waals surface area contributed by atoms with Gasteiger partial charge >= 0.3 is 5.69 Å². The van der Waals surface area contributed by atoms with Crippen LogP contribution in [-0.2, 0) is 17.8 Å². The van der Waals surface area contributed by atoms with E-state index in [1.54, 1.807) is 29.7 Å². The Kier molecular flexibility index (Phi) is 6.41. The number of para-hydroxylation sites is 1. The first-order valence-electron chi connectivity index (χ1n) is 9.75. The van der Waals surface area contributed by atoms with Crippen molar-refractivity contribution >= 4 is 5.91 Å². The quantitative estimate of drug-likeness (QED) is 0.429. The van der Waals surface area contributed by atoms with Gasteiger partial charge in [-0.3, -0.25) is 19.1 Å². The van der Waals surface area contributed by atoms with Crippen LogP contribution < -0.4 is 11.2 Å². The smallest absolute Gasteiger partial charge is 0.331 e. The van der Waals surface area contributed by atoms with Gasteiger partial charge in [-0.25, -0.2) is 10.3 Å². The third-order valence-corrected chi connectivity index (χ3v) is 5.45. The number of hydrogen-bond donors (Lipinski definition) is 4. The summed E-state index contributed by atoms with van der Waals surface area (Å²) in [6.45, 7) is 0.139. The first-order valence-corrected chi connectivity index (χ1v) is 9.75. The second-order valence-electron chi connectivity index (χ2n) is 7.32. The highest BCUT2D eigenvalue weighted by atomic mass is 16.5. The van der Waals surface area contributed by atoms with Crippen LogP contribution in [0.25, 0.3) is 0 Å². The number of benzene rings is 1. The number of hydrogen-bond acceptors (Lipinski definition) is 5. The summed E-state index contributed by atoms with van der Waals surface area (Å²) in [6.07, 6.45) is 5.63. The van der Waals surface area contributed by atoms with Gasteiger partial charge in [-0.15, -0.1) is 0 Å². The molecule has 1 amide bonds. The molecule has 4 N–H and O–H groups in total. The molecule has 0 aliphatic heterocycles. The molecule has 2 aromatic rings. The van der Waals surface area contributed by atoms with Crippen molar-refractivity contribution in [1.82, 2.24) is 14.6 Å². The first-order chi connectivity index (χ1) is 13.5. The molecule has 28 heavy (non-hydrogen) atoms. The number of nitrogens with zero attached hydrogens (tertiary/aromatic N) is 2. The minimum atomic E-state index is -0.513. The summed E-state index contributed by atoms with van der Waals surface area (Å²) in [6, 6.07) is 6.75. The summed E-state index contributed by atoms with van der Waals surface area (Å²) in [5, 5.41) is 29.6. The van der Waals surface area contributed by atoms with Crippen LogP contribution in [0.4, 0.5) is 0 Å². The topological polar surface area (TPSA) is 117 Å². The van der Waals surface area contributed by atoms with Crippen molar-refractivity contribution in [3.8, 4) is 11.6 Å². The Hall–Kier alpha value is -2.74. The van der Waals surface area contributed by atoms with Gasteiger partial charge < -0.3 is 10.2 Å². The molecule has 1 aromatic carbocycles. The number of carbonyl (C=O) groups is 1. The fraction of sp³-hybridized carbons (Fsp3) is 0.500. The van der Waals surface area contributed by atoms with Crippen LogP contribution in [-0.4, -0.2) is 30.5 Å². The maximum atomic E-state index is 13.1. The summed E-state index contributed by atoms with van der Waals surface area (Å²) in [7, 11) is 0. The van der Waals surface area contributed by atoms with E-state index in [2.05, 4.69) is 0 Å². The lowest BCUT2D eigenvalue weighted by Crippen LogP contribution is -2.29. The number of nitrogens with one attached hydrogen (secondary N) is 1. The van der Waals surface area contributed by atoms with E-state index in [9.17, 15) is 19.8 Å². The van der Waals surface area contributed by atoms with Crippen LogP contribution in [0.1, 0.15) is 62.2 Å². The largest absolute Gasteiger partial charge is 0.508 e. The van der Waals surface area contributed by atoms with Gasteiger partial charge in [0.2, 0.25) is 11.8 Å². The number of amides is 1. The van der Waals surface area contributed by atoms with Crippen molar-refractivity contribution in [3.05, 3.63) is 46.0 Å². The molecule has 8 nitrogen and oxygen atoms in total. The summed E-state index contributed by atoms with van der Waals surface area (Å²) >= 11 is 0. The number of aromatic nitrogens is 2. The van der Waals surface area contributed by atoms with E-state index in [-0.39, 0.29) is 36.3 Å². The molecule has 1 aliphatic carbocycles. The van der Waals surface area contributed by atoms with Gasteiger partial charge in [0.05, 0.1) is 12.2 Å². The molecule has 1 aliphatic rings. The van der Waals surface area contributed by atoms with Gasteiger partial charge in [0.15, 0.2) is 0 Å². The normalized spacial score (nSPS) is 14.9. The fourth-order valence-corrected chi connectivity index (χ4v) is 3.96. The Labute approximate surface area is 163 Å². The summed E-state index contributed by atoms with van der Waals surface area (Å²) in [4.78, 5) is 24.4. The average Bonchev–Trinajstić information content (AvgIpc) is 2.94. The van der Waals surface area contributed by atoms with Crippen LogP contribution in [0, 0.1) is 0 Å². The van der Waals surface area contributed by atoms with Crippen LogP contribution >= 0.6 is 0 Å². The first kappa shape index (κ1) is 20.0. The van der Waals surface area contributed by atoms with Crippen molar-refractivity contribution in [2.24, 2.45) is 0 Å². The number of aromatic hydroxyl groups is 2. The maximum Gasteiger partial charge on any atom is 0.331 e. The monoisotopic (exact) mass is 389 g/mol. The summed E-state index contributed by atoms with van der Waals surface area (Å²) in [5.74, 6) is -0.484. The van der Waals surface area contributed by atoms with Crippen molar-refractivity contribution in [2.75, 3.05) is 0 Å². The zero-order valence-electron chi connectivity index (χ0n) is 15.8. The van der Waals surface area contributed by atoms with Crippen molar-refractivity contribution in [2.45, 2.75) is 64.0 Å². The zero-order valence-corrected chi connectivity index (χ0v) is 15.8. The van der Waals surface area contributed by atoms with Crippen molar-refractivity contribution < 1.29 is 20.2 Å². The Morgan fingerprint density at radius 3 is 2.54 bits per heavy atom. The lowest BCUT2D eigenvalue weighted by atomic mass is 9.95. The highest BCUT2D eigenvalue weighted by molar-refractivity contribution is 5.74. The standard InChI is InChI=1S/C20H27N3O5/c24-17-11-5-4-7-14(17)13-22-16(10-6-12-18(25)21-28)19(26)23(20(22)27)15-8-2-1-3-9-15/h4-5,7,11,15,24,26,28H,1-3,6,8-10,12-13H2,(H,21,25). The van der Waals surface area contributed by atoms with Crippen LogP contribution in [0.3, 0.4) is 0 Å². The number of carbonyl (C=O) groups excluding carboxylic acids is 1. The molecule has 0 radical (unpaired) electrons. The zero-order chi connectivity index (χ0) is 20.1. The Balaban J connectivity index is 1.95. The molecule has 0 bridgehead atoms. The Bertz CT molecular complexity index is 880. The molecule has 1 saturated carbocycles. The third kappa shape index (κ3) is 4.22. The van der Waals surface area contributed by atoms with Crippen molar-refractivity contribution in [1.29, 1.82) is 0 Å². The average molecular weight is 389 g/mol. The summed E-state index contributed by atoms with van der Waals surface area (Å²) < 4.78 is 2.95. The molecule has 3 rings (SSSR count). The van der Waals surface area contributed by atoms with E-state index in [1.807, 2.05) is 0 Å². The van der Waals surface area contributed by atoms with E-state index in [0.717, 1.165) is 32.1 Å². The molecule has 0 unspecified atom stereocenters. The van der Waals surface area contributed by atoms with E-state index < -0.39 is 5.91 Å². The van der Waals surface area contributed by atoms with Crippen LogP contribution in [0.5, 0.6) is 11.6 Å². The molecular weight excluding hydrogens is 362 g/mol. The second kappa shape index (κ2) is 8.97. The van der Waals surface area contributed by atoms with Crippen LogP contribution in [0.15, 0.2) is 29.1 Å². The van der Waals surface area contributed by atoms with E-state index in [4.69, 9.17) is 5.21 Å². The predicted octanol–water partition coefficient (Wildman–Crippen LogP) is 2.44. The second-order valence-corrected chi connectivity index (χ2v) is 7.32. The molecule has 0 atom stereocenters. The lowest BCUT2D eigenvalue weighted by molar-refractivity contribution is -0.129. The van der Waals surface area contributed by atoms with E-state index in [1.165, 1.54) is 9.13 Å². The number of phenolic OH excluding ortho intramolecular Hbond substituents is 1. The highest BCUT2D eigenvalue weighted by Crippen LogP contribution is 2.32.